The average Bonchev–Trinajstić information content (AvgIpc) is 2.72. The Kier molecular flexibility index (Phi) is 6.08. The summed E-state index contributed by atoms with van der Waals surface area (Å²) in [6, 6.07) is 12.8. The summed E-state index contributed by atoms with van der Waals surface area (Å²) in [6.45, 7) is 8.18. The van der Waals surface area contributed by atoms with Gasteiger partial charge in [-0.1, -0.05) is 35.3 Å². The van der Waals surface area contributed by atoms with Gasteiger partial charge in [0, 0.05) is 80.2 Å². The normalized spacial score (nSPS) is 18.0. The van der Waals surface area contributed by atoms with Gasteiger partial charge in [-0.15, -0.1) is 0 Å². The Morgan fingerprint density at radius 3 is 1.44 bits per heavy atom. The Morgan fingerprint density at radius 2 is 1.07 bits per heavy atom. The van der Waals surface area contributed by atoms with Gasteiger partial charge in [-0.3, -0.25) is 0 Å². The Labute approximate surface area is 171 Å². The van der Waals surface area contributed by atoms with Crippen molar-refractivity contribution in [2.45, 2.75) is 6.42 Å². The second kappa shape index (κ2) is 8.70. The van der Waals surface area contributed by atoms with Gasteiger partial charge in [0.2, 0.25) is 0 Å². The van der Waals surface area contributed by atoms with Crippen molar-refractivity contribution in [3.8, 4) is 0 Å². The van der Waals surface area contributed by atoms with E-state index in [1.807, 2.05) is 0 Å². The molecule has 0 aliphatic carbocycles. The number of hydrogen-bond donors (Lipinski definition) is 2. The smallest absolute Gasteiger partial charge is 0.0461 e. The zero-order valence-electron chi connectivity index (χ0n) is 15.5. The molecule has 4 rings (SSSR count). The summed E-state index contributed by atoms with van der Waals surface area (Å²) >= 11 is 13.2. The Bertz CT molecular complexity index is 718. The molecule has 0 aromatic heterocycles. The number of halogens is 2. The lowest BCUT2D eigenvalue weighted by molar-refractivity contribution is 0.589. The number of anilines is 2. The van der Waals surface area contributed by atoms with Crippen LogP contribution in [0.5, 0.6) is 0 Å². The predicted molar refractivity (Wildman–Crippen MR) is 116 cm³/mol. The van der Waals surface area contributed by atoms with E-state index >= 15 is 0 Å². The van der Waals surface area contributed by atoms with E-state index in [0.29, 0.717) is 0 Å². The standard InChI is InChI=1S/C21H26Cl2N4/c22-20-14-18(26-9-5-24-6-10-26)3-1-16(20)13-17-2-4-19(15-21(17)23)27-11-7-25-8-12-27/h1-4,14-15,24-25H,5-13H2. The first-order valence-electron chi connectivity index (χ1n) is 9.69. The maximum Gasteiger partial charge on any atom is 0.0461 e. The first-order chi connectivity index (χ1) is 13.2. The quantitative estimate of drug-likeness (QED) is 0.817. The molecule has 2 heterocycles. The second-order valence-electron chi connectivity index (χ2n) is 7.20. The Morgan fingerprint density at radius 1 is 0.667 bits per heavy atom. The second-order valence-corrected chi connectivity index (χ2v) is 8.02. The maximum atomic E-state index is 6.60. The van der Waals surface area contributed by atoms with E-state index < -0.39 is 0 Å². The molecule has 6 heteroatoms. The number of piperazine rings is 2. The molecule has 0 unspecified atom stereocenters. The number of rotatable bonds is 4. The van der Waals surface area contributed by atoms with E-state index in [0.717, 1.165) is 80.0 Å². The lowest BCUT2D eigenvalue weighted by Gasteiger charge is -2.30. The first kappa shape index (κ1) is 18.9. The molecule has 2 fully saturated rings. The Balaban J connectivity index is 1.48. The minimum atomic E-state index is 0.751. The summed E-state index contributed by atoms with van der Waals surface area (Å²) in [6.07, 6.45) is 0.751. The van der Waals surface area contributed by atoms with Crippen LogP contribution in [-0.2, 0) is 6.42 Å². The highest BCUT2D eigenvalue weighted by molar-refractivity contribution is 6.32. The molecule has 0 spiro atoms. The third-order valence-electron chi connectivity index (χ3n) is 5.42. The number of benzene rings is 2. The maximum absolute atomic E-state index is 6.60. The van der Waals surface area contributed by atoms with Gasteiger partial charge in [0.05, 0.1) is 0 Å². The van der Waals surface area contributed by atoms with Crippen molar-refractivity contribution in [1.29, 1.82) is 0 Å². The van der Waals surface area contributed by atoms with Crippen LogP contribution in [0.3, 0.4) is 0 Å². The molecular weight excluding hydrogens is 379 g/mol. The summed E-state index contributed by atoms with van der Waals surface area (Å²) < 4.78 is 0. The molecule has 0 bridgehead atoms. The van der Waals surface area contributed by atoms with Crippen LogP contribution < -0.4 is 20.4 Å². The fraction of sp³-hybridized carbons (Fsp3) is 0.429. The topological polar surface area (TPSA) is 30.5 Å². The largest absolute Gasteiger partial charge is 0.369 e. The van der Waals surface area contributed by atoms with Crippen LogP contribution in [0.4, 0.5) is 11.4 Å². The van der Waals surface area contributed by atoms with Crippen LogP contribution in [0.15, 0.2) is 36.4 Å². The van der Waals surface area contributed by atoms with Crippen LogP contribution in [0.1, 0.15) is 11.1 Å². The molecular formula is C21H26Cl2N4. The molecule has 4 nitrogen and oxygen atoms in total. The van der Waals surface area contributed by atoms with Crippen molar-refractivity contribution in [3.63, 3.8) is 0 Å². The van der Waals surface area contributed by atoms with Crippen molar-refractivity contribution >= 4 is 34.6 Å². The molecule has 27 heavy (non-hydrogen) atoms. The van der Waals surface area contributed by atoms with Gasteiger partial charge in [0.1, 0.15) is 0 Å². The molecule has 2 aliphatic rings. The van der Waals surface area contributed by atoms with E-state index in [4.69, 9.17) is 23.2 Å². The van der Waals surface area contributed by atoms with Gasteiger partial charge >= 0.3 is 0 Å². The number of nitrogens with one attached hydrogen (secondary N) is 2. The summed E-state index contributed by atoms with van der Waals surface area (Å²) in [5.74, 6) is 0. The van der Waals surface area contributed by atoms with Crippen molar-refractivity contribution in [2.24, 2.45) is 0 Å². The van der Waals surface area contributed by atoms with Gasteiger partial charge in [0.15, 0.2) is 0 Å². The van der Waals surface area contributed by atoms with E-state index in [1.165, 1.54) is 11.4 Å². The molecule has 2 aromatic carbocycles. The van der Waals surface area contributed by atoms with Gasteiger partial charge in [0.25, 0.3) is 0 Å². The first-order valence-corrected chi connectivity index (χ1v) is 10.4. The van der Waals surface area contributed by atoms with E-state index in [2.05, 4.69) is 56.8 Å². The van der Waals surface area contributed by atoms with E-state index in [9.17, 15) is 0 Å². The minimum Gasteiger partial charge on any atom is -0.369 e. The van der Waals surface area contributed by atoms with Crippen LogP contribution in [0, 0.1) is 0 Å². The van der Waals surface area contributed by atoms with Crippen LogP contribution in [0.2, 0.25) is 10.0 Å². The predicted octanol–water partition coefficient (Wildman–Crippen LogP) is 3.40. The molecule has 0 radical (unpaired) electrons. The summed E-state index contributed by atoms with van der Waals surface area (Å²) in [5.41, 5.74) is 4.63. The lowest BCUT2D eigenvalue weighted by Crippen LogP contribution is -2.43. The van der Waals surface area contributed by atoms with Crippen LogP contribution >= 0.6 is 23.2 Å². The molecule has 0 amide bonds. The SMILES string of the molecule is Clc1cc(N2CCNCC2)ccc1Cc1ccc(N2CCNCC2)cc1Cl. The van der Waals surface area contributed by atoms with Crippen molar-refractivity contribution in [1.82, 2.24) is 10.6 Å². The van der Waals surface area contributed by atoms with Gasteiger partial charge in [-0.2, -0.15) is 0 Å². The summed E-state index contributed by atoms with van der Waals surface area (Å²) in [5, 5.41) is 8.39. The molecule has 2 aliphatic heterocycles. The average molecular weight is 405 g/mol. The van der Waals surface area contributed by atoms with E-state index in [-0.39, 0.29) is 0 Å². The highest BCUT2D eigenvalue weighted by Gasteiger charge is 2.15. The molecule has 0 saturated carbocycles. The monoisotopic (exact) mass is 404 g/mol. The molecule has 2 N–H and O–H groups in total. The fourth-order valence-electron chi connectivity index (χ4n) is 3.80. The highest BCUT2D eigenvalue weighted by Crippen LogP contribution is 2.30. The minimum absolute atomic E-state index is 0.751. The van der Waals surface area contributed by atoms with Gasteiger partial charge < -0.3 is 20.4 Å². The number of hydrogen-bond acceptors (Lipinski definition) is 4. The van der Waals surface area contributed by atoms with Crippen molar-refractivity contribution in [2.75, 3.05) is 62.2 Å². The highest BCUT2D eigenvalue weighted by atomic mass is 35.5. The van der Waals surface area contributed by atoms with Crippen molar-refractivity contribution < 1.29 is 0 Å². The molecule has 0 atom stereocenters. The summed E-state index contributed by atoms with van der Waals surface area (Å²) in [7, 11) is 0. The van der Waals surface area contributed by atoms with Crippen molar-refractivity contribution in [3.05, 3.63) is 57.6 Å². The fourth-order valence-corrected chi connectivity index (χ4v) is 4.29. The lowest BCUT2D eigenvalue weighted by atomic mass is 10.0. The number of nitrogens with zero attached hydrogens (tertiary/aromatic N) is 2. The zero-order valence-corrected chi connectivity index (χ0v) is 17.0. The van der Waals surface area contributed by atoms with Gasteiger partial charge in [-0.05, 0) is 35.4 Å². The third kappa shape index (κ3) is 4.52. The molecule has 2 aromatic rings. The molecule has 2 saturated heterocycles. The zero-order chi connectivity index (χ0) is 18.6. The third-order valence-corrected chi connectivity index (χ3v) is 6.12. The Hall–Kier alpha value is -1.46. The van der Waals surface area contributed by atoms with Gasteiger partial charge in [-0.25, -0.2) is 0 Å². The summed E-state index contributed by atoms with van der Waals surface area (Å²) in [4.78, 5) is 4.75. The van der Waals surface area contributed by atoms with Crippen LogP contribution in [0.25, 0.3) is 0 Å². The van der Waals surface area contributed by atoms with Crippen LogP contribution in [-0.4, -0.2) is 52.4 Å². The van der Waals surface area contributed by atoms with E-state index in [1.54, 1.807) is 0 Å². The molecule has 144 valence electrons.